The number of rotatable bonds is 5. The second-order valence-corrected chi connectivity index (χ2v) is 8.95. The van der Waals surface area contributed by atoms with Crippen molar-refractivity contribution in [2.24, 2.45) is 10.3 Å². The zero-order valence-corrected chi connectivity index (χ0v) is 16.2. The number of hydrogen-bond donors (Lipinski definition) is 1. The Hall–Kier alpha value is -2.18. The van der Waals surface area contributed by atoms with Crippen molar-refractivity contribution in [2.45, 2.75) is 30.6 Å². The van der Waals surface area contributed by atoms with Crippen molar-refractivity contribution >= 4 is 21.5 Å². The highest BCUT2D eigenvalue weighted by molar-refractivity contribution is 7.90. The summed E-state index contributed by atoms with van der Waals surface area (Å²) in [6.07, 6.45) is 4.67. The van der Waals surface area contributed by atoms with Crippen LogP contribution in [0.25, 0.3) is 0 Å². The molecule has 0 aliphatic carbocycles. The predicted molar refractivity (Wildman–Crippen MR) is 109 cm³/mol. The molecule has 1 N–H and O–H groups in total. The molecule has 6 heteroatoms. The Morgan fingerprint density at radius 1 is 1.00 bits per heavy atom. The van der Waals surface area contributed by atoms with Crippen LogP contribution in [0.2, 0.25) is 0 Å². The second-order valence-electron chi connectivity index (χ2n) is 7.38. The van der Waals surface area contributed by atoms with Gasteiger partial charge < -0.3 is 5.32 Å². The van der Waals surface area contributed by atoms with E-state index in [1.807, 2.05) is 6.07 Å². The van der Waals surface area contributed by atoms with Crippen LogP contribution in [0.4, 0.5) is 5.69 Å². The van der Waals surface area contributed by atoms with Crippen molar-refractivity contribution in [2.75, 3.05) is 25.0 Å². The fourth-order valence-corrected chi connectivity index (χ4v) is 5.04. The lowest BCUT2D eigenvalue weighted by atomic mass is 9.90. The van der Waals surface area contributed by atoms with E-state index in [1.54, 1.807) is 18.2 Å². The van der Waals surface area contributed by atoms with Crippen molar-refractivity contribution in [3.8, 4) is 0 Å². The van der Waals surface area contributed by atoms with Gasteiger partial charge in [0.1, 0.15) is 10.7 Å². The van der Waals surface area contributed by atoms with Gasteiger partial charge in [0.2, 0.25) is 0 Å². The average molecular weight is 384 g/mol. The number of hydrogen-bond acceptors (Lipinski definition) is 4. The molecule has 2 aliphatic rings. The lowest BCUT2D eigenvalue weighted by Gasteiger charge is -2.32. The molecule has 2 heterocycles. The van der Waals surface area contributed by atoms with Gasteiger partial charge in [-0.1, -0.05) is 42.5 Å². The first-order chi connectivity index (χ1) is 13.1. The molecule has 4 rings (SSSR count). The minimum absolute atomic E-state index is 0.258. The Balaban J connectivity index is 1.30. The van der Waals surface area contributed by atoms with E-state index in [9.17, 15) is 8.42 Å². The van der Waals surface area contributed by atoms with E-state index >= 15 is 0 Å². The van der Waals surface area contributed by atoms with E-state index in [-0.39, 0.29) is 4.90 Å². The lowest BCUT2D eigenvalue weighted by Crippen LogP contribution is -2.40. The van der Waals surface area contributed by atoms with Crippen molar-refractivity contribution in [1.82, 2.24) is 4.90 Å². The molecule has 1 fully saturated rings. The quantitative estimate of drug-likeness (QED) is 0.858. The normalized spacial score (nSPS) is 19.8. The van der Waals surface area contributed by atoms with E-state index in [1.165, 1.54) is 12.0 Å². The maximum atomic E-state index is 12.4. The average Bonchev–Trinajstić information content (AvgIpc) is 2.68. The number of sulfonamides is 1. The molecule has 142 valence electrons. The summed E-state index contributed by atoms with van der Waals surface area (Å²) < 4.78 is 28.7. The zero-order chi connectivity index (χ0) is 18.7. The van der Waals surface area contributed by atoms with Gasteiger partial charge in [-0.2, -0.15) is 8.42 Å². The number of benzene rings is 2. The summed E-state index contributed by atoms with van der Waals surface area (Å²) in [5, 5.41) is 3.19. The third-order valence-corrected chi connectivity index (χ3v) is 6.81. The Labute approximate surface area is 161 Å². The van der Waals surface area contributed by atoms with E-state index in [0.717, 1.165) is 38.3 Å². The van der Waals surface area contributed by atoms with Crippen LogP contribution in [-0.2, 0) is 16.4 Å². The summed E-state index contributed by atoms with van der Waals surface area (Å²) >= 11 is 0. The zero-order valence-electron chi connectivity index (χ0n) is 15.3. The van der Waals surface area contributed by atoms with Gasteiger partial charge in [-0.3, -0.25) is 4.90 Å². The molecule has 5 nitrogen and oxygen atoms in total. The van der Waals surface area contributed by atoms with Gasteiger partial charge in [-0.25, -0.2) is 0 Å². The monoisotopic (exact) mass is 383 g/mol. The predicted octanol–water partition coefficient (Wildman–Crippen LogP) is 3.54. The molecule has 0 unspecified atom stereocenters. The van der Waals surface area contributed by atoms with Crippen LogP contribution in [0.1, 0.15) is 24.8 Å². The highest BCUT2D eigenvalue weighted by Crippen LogP contribution is 2.27. The van der Waals surface area contributed by atoms with Gasteiger partial charge in [0, 0.05) is 0 Å². The molecule has 2 aliphatic heterocycles. The summed E-state index contributed by atoms with van der Waals surface area (Å²) in [6, 6.07) is 17.6. The molecule has 0 spiro atoms. The summed E-state index contributed by atoms with van der Waals surface area (Å²) in [5.74, 6) is 1.27. The second kappa shape index (κ2) is 7.82. The Morgan fingerprint density at radius 3 is 2.48 bits per heavy atom. The van der Waals surface area contributed by atoms with Crippen LogP contribution in [0.15, 0.2) is 63.9 Å². The first-order valence-corrected chi connectivity index (χ1v) is 11.0. The topological polar surface area (TPSA) is 61.8 Å². The minimum atomic E-state index is -3.59. The molecule has 27 heavy (non-hydrogen) atoms. The smallest absolute Gasteiger partial charge is 0.286 e. The van der Waals surface area contributed by atoms with Gasteiger partial charge in [0.25, 0.3) is 10.0 Å². The number of nitrogens with one attached hydrogen (secondary N) is 1. The third kappa shape index (κ3) is 4.39. The fraction of sp³-hybridized carbons (Fsp3) is 0.381. The largest absolute Gasteiger partial charge is 0.341 e. The van der Waals surface area contributed by atoms with Crippen molar-refractivity contribution in [1.29, 1.82) is 0 Å². The van der Waals surface area contributed by atoms with E-state index in [0.29, 0.717) is 18.1 Å². The van der Waals surface area contributed by atoms with Gasteiger partial charge >= 0.3 is 0 Å². The standard InChI is InChI=1S/C21H25N3O2S/c25-27(26)20-9-5-4-8-19(20)22-21(23-27)16-24-14-12-18(13-15-24)11-10-17-6-2-1-3-7-17/h1-9,18H,10-16H2,(H,22,23). The Bertz CT molecular complexity index is 917. The number of likely N-dealkylation sites (tertiary alicyclic amines) is 1. The molecular formula is C21H25N3O2S. The third-order valence-electron chi connectivity index (χ3n) is 5.44. The lowest BCUT2D eigenvalue weighted by molar-refractivity contribution is 0.199. The van der Waals surface area contributed by atoms with Crippen LogP contribution in [0, 0.1) is 5.92 Å². The maximum Gasteiger partial charge on any atom is 0.286 e. The number of piperidine rings is 1. The fourth-order valence-electron chi connectivity index (χ4n) is 3.90. The van der Waals surface area contributed by atoms with Gasteiger partial charge in [0.05, 0.1) is 12.2 Å². The molecule has 0 atom stereocenters. The van der Waals surface area contributed by atoms with Crippen molar-refractivity contribution in [3.05, 3.63) is 60.2 Å². The number of anilines is 1. The van der Waals surface area contributed by atoms with E-state index in [4.69, 9.17) is 0 Å². The highest BCUT2D eigenvalue weighted by atomic mass is 32.2. The van der Waals surface area contributed by atoms with Crippen LogP contribution >= 0.6 is 0 Å². The van der Waals surface area contributed by atoms with Gasteiger partial charge in [-0.05, 0) is 62.4 Å². The molecule has 0 saturated carbocycles. The summed E-state index contributed by atoms with van der Waals surface area (Å²) in [7, 11) is -3.59. The van der Waals surface area contributed by atoms with Gasteiger partial charge in [-0.15, -0.1) is 4.40 Å². The number of amidine groups is 1. The van der Waals surface area contributed by atoms with Crippen LogP contribution in [0.3, 0.4) is 0 Å². The molecule has 2 aromatic carbocycles. The van der Waals surface area contributed by atoms with Crippen molar-refractivity contribution < 1.29 is 8.42 Å². The van der Waals surface area contributed by atoms with E-state index in [2.05, 4.69) is 44.9 Å². The molecule has 1 saturated heterocycles. The van der Waals surface area contributed by atoms with Crippen LogP contribution in [0.5, 0.6) is 0 Å². The molecule has 0 radical (unpaired) electrons. The first-order valence-electron chi connectivity index (χ1n) is 9.56. The molecule has 2 aromatic rings. The van der Waals surface area contributed by atoms with Crippen LogP contribution < -0.4 is 5.32 Å². The van der Waals surface area contributed by atoms with Crippen molar-refractivity contribution in [3.63, 3.8) is 0 Å². The molecular weight excluding hydrogens is 358 g/mol. The molecule has 0 aromatic heterocycles. The van der Waals surface area contributed by atoms with E-state index < -0.39 is 10.0 Å². The number of nitrogens with zero attached hydrogens (tertiary/aromatic N) is 2. The Kier molecular flexibility index (Phi) is 5.27. The van der Waals surface area contributed by atoms with Gasteiger partial charge in [0.15, 0.2) is 0 Å². The molecule has 0 amide bonds. The Morgan fingerprint density at radius 2 is 1.70 bits per heavy atom. The summed E-state index contributed by atoms with van der Waals surface area (Å²) in [6.45, 7) is 2.53. The summed E-state index contributed by atoms with van der Waals surface area (Å²) in [4.78, 5) is 2.56. The maximum absolute atomic E-state index is 12.4. The first kappa shape index (κ1) is 18.2. The highest BCUT2D eigenvalue weighted by Gasteiger charge is 2.26. The number of aryl methyl sites for hydroxylation is 1. The van der Waals surface area contributed by atoms with Crippen LogP contribution in [-0.4, -0.2) is 38.8 Å². The minimum Gasteiger partial charge on any atom is -0.341 e. The molecule has 0 bridgehead atoms. The summed E-state index contributed by atoms with van der Waals surface area (Å²) in [5.41, 5.74) is 2.03. The number of fused-ring (bicyclic) bond motifs is 1. The number of para-hydroxylation sites is 1. The SMILES string of the molecule is O=S1(=O)N=C(CN2CCC(CCc3ccccc3)CC2)Nc2ccccc21.